The van der Waals surface area contributed by atoms with Crippen LogP contribution in [-0.2, 0) is 0 Å². The van der Waals surface area contributed by atoms with Crippen molar-refractivity contribution in [2.45, 2.75) is 31.7 Å². The third kappa shape index (κ3) is 4.04. The third-order valence-electron chi connectivity index (χ3n) is 4.31. The molecule has 0 aliphatic carbocycles. The lowest BCUT2D eigenvalue weighted by molar-refractivity contribution is 0.213. The Morgan fingerprint density at radius 1 is 1.00 bits per heavy atom. The van der Waals surface area contributed by atoms with Crippen LogP contribution >= 0.6 is 0 Å². The second-order valence-electron chi connectivity index (χ2n) is 5.85. The van der Waals surface area contributed by atoms with E-state index in [2.05, 4.69) is 50.5 Å². The molecule has 1 aromatic carbocycles. The number of benzene rings is 1. The van der Waals surface area contributed by atoms with Crippen LogP contribution in [-0.4, -0.2) is 34.5 Å². The molecule has 1 aromatic heterocycles. The summed E-state index contributed by atoms with van der Waals surface area (Å²) in [5.41, 5.74) is 1.38. The van der Waals surface area contributed by atoms with E-state index in [0.717, 1.165) is 12.4 Å². The fourth-order valence-corrected chi connectivity index (χ4v) is 3.13. The van der Waals surface area contributed by atoms with Crippen LogP contribution in [0.4, 0.5) is 5.82 Å². The number of nitrogens with zero attached hydrogens (tertiary/aromatic N) is 3. The molecule has 4 heteroatoms. The Bertz CT molecular complexity index is 536. The molecule has 1 N–H and O–H groups in total. The predicted molar refractivity (Wildman–Crippen MR) is 89.7 cm³/mol. The summed E-state index contributed by atoms with van der Waals surface area (Å²) in [6.45, 7) is 3.23. The van der Waals surface area contributed by atoms with Crippen molar-refractivity contribution in [2.24, 2.45) is 0 Å². The third-order valence-corrected chi connectivity index (χ3v) is 4.31. The molecule has 0 radical (unpaired) electrons. The van der Waals surface area contributed by atoms with Crippen molar-refractivity contribution >= 4 is 5.82 Å². The van der Waals surface area contributed by atoms with Crippen LogP contribution < -0.4 is 5.32 Å². The molecule has 2 heterocycles. The minimum absolute atomic E-state index is 0.390. The molecular weight excluding hydrogens is 272 g/mol. The number of aromatic nitrogens is 2. The van der Waals surface area contributed by atoms with Crippen molar-refractivity contribution < 1.29 is 0 Å². The lowest BCUT2D eigenvalue weighted by atomic mass is 10.0. The predicted octanol–water partition coefficient (Wildman–Crippen LogP) is 3.51. The molecule has 1 unspecified atom stereocenters. The highest BCUT2D eigenvalue weighted by Crippen LogP contribution is 2.24. The summed E-state index contributed by atoms with van der Waals surface area (Å²) in [6.07, 6.45) is 10.5. The molecule has 22 heavy (non-hydrogen) atoms. The minimum atomic E-state index is 0.390. The van der Waals surface area contributed by atoms with Crippen LogP contribution in [0.15, 0.2) is 48.9 Å². The number of rotatable bonds is 5. The largest absolute Gasteiger partial charge is 0.367 e. The quantitative estimate of drug-likeness (QED) is 0.917. The van der Waals surface area contributed by atoms with Crippen molar-refractivity contribution in [3.63, 3.8) is 0 Å². The maximum atomic E-state index is 4.32. The van der Waals surface area contributed by atoms with Gasteiger partial charge in [0.15, 0.2) is 0 Å². The summed E-state index contributed by atoms with van der Waals surface area (Å²) in [5.74, 6) is 0.846. The lowest BCUT2D eigenvalue weighted by Crippen LogP contribution is -2.34. The van der Waals surface area contributed by atoms with Crippen LogP contribution in [0.2, 0.25) is 0 Å². The zero-order valence-corrected chi connectivity index (χ0v) is 13.0. The SMILES string of the molecule is c1ccc(C(CNc2cnccn2)N2CCCCCC2)cc1. The Balaban J connectivity index is 1.73. The van der Waals surface area contributed by atoms with Crippen molar-refractivity contribution in [3.8, 4) is 0 Å². The highest BCUT2D eigenvalue weighted by Gasteiger charge is 2.21. The molecule has 4 nitrogen and oxygen atoms in total. The van der Waals surface area contributed by atoms with Gasteiger partial charge in [0.25, 0.3) is 0 Å². The van der Waals surface area contributed by atoms with E-state index in [1.807, 2.05) is 0 Å². The molecule has 0 amide bonds. The fourth-order valence-electron chi connectivity index (χ4n) is 3.13. The second-order valence-corrected chi connectivity index (χ2v) is 5.85. The minimum Gasteiger partial charge on any atom is -0.367 e. The first-order chi connectivity index (χ1) is 10.9. The van der Waals surface area contributed by atoms with Gasteiger partial charge in [-0.1, -0.05) is 43.2 Å². The molecule has 0 bridgehead atoms. The highest BCUT2D eigenvalue weighted by molar-refractivity contribution is 5.31. The van der Waals surface area contributed by atoms with E-state index in [-0.39, 0.29) is 0 Å². The van der Waals surface area contributed by atoms with Crippen molar-refractivity contribution in [1.82, 2.24) is 14.9 Å². The van der Waals surface area contributed by atoms with Gasteiger partial charge in [-0.25, -0.2) is 4.98 Å². The molecule has 3 rings (SSSR count). The number of nitrogens with one attached hydrogen (secondary N) is 1. The summed E-state index contributed by atoms with van der Waals surface area (Å²) >= 11 is 0. The van der Waals surface area contributed by atoms with E-state index in [9.17, 15) is 0 Å². The monoisotopic (exact) mass is 296 g/mol. The van der Waals surface area contributed by atoms with Gasteiger partial charge in [0.05, 0.1) is 12.2 Å². The van der Waals surface area contributed by atoms with Crippen LogP contribution in [0.5, 0.6) is 0 Å². The van der Waals surface area contributed by atoms with Gasteiger partial charge in [-0.2, -0.15) is 0 Å². The fraction of sp³-hybridized carbons (Fsp3) is 0.444. The standard InChI is InChI=1S/C18H24N4/c1-2-7-13-22(12-6-1)17(16-8-4-3-5-9-16)14-21-18-15-19-10-11-20-18/h3-5,8-11,15,17H,1-2,6-7,12-14H2,(H,20,21). The van der Waals surface area contributed by atoms with Crippen molar-refractivity contribution in [1.29, 1.82) is 0 Å². The number of hydrogen-bond donors (Lipinski definition) is 1. The zero-order valence-electron chi connectivity index (χ0n) is 13.0. The maximum absolute atomic E-state index is 4.32. The average Bonchev–Trinajstić information content (AvgIpc) is 2.86. The molecule has 1 atom stereocenters. The molecule has 1 saturated heterocycles. The van der Waals surface area contributed by atoms with Crippen LogP contribution in [0.1, 0.15) is 37.3 Å². The Hall–Kier alpha value is -1.94. The summed E-state index contributed by atoms with van der Waals surface area (Å²) in [6, 6.07) is 11.2. The van der Waals surface area contributed by atoms with Crippen LogP contribution in [0, 0.1) is 0 Å². The molecule has 1 aliphatic heterocycles. The molecule has 116 valence electrons. The van der Waals surface area contributed by atoms with E-state index < -0.39 is 0 Å². The van der Waals surface area contributed by atoms with Gasteiger partial charge >= 0.3 is 0 Å². The molecule has 1 fully saturated rings. The summed E-state index contributed by atoms with van der Waals surface area (Å²) < 4.78 is 0. The maximum Gasteiger partial charge on any atom is 0.144 e. The number of anilines is 1. The van der Waals surface area contributed by atoms with E-state index in [1.54, 1.807) is 18.6 Å². The van der Waals surface area contributed by atoms with E-state index in [1.165, 1.54) is 44.3 Å². The van der Waals surface area contributed by atoms with Crippen molar-refractivity contribution in [2.75, 3.05) is 25.0 Å². The lowest BCUT2D eigenvalue weighted by Gasteiger charge is -2.31. The molecule has 0 saturated carbocycles. The van der Waals surface area contributed by atoms with Gasteiger partial charge in [-0.3, -0.25) is 9.88 Å². The topological polar surface area (TPSA) is 41.1 Å². The van der Waals surface area contributed by atoms with Gasteiger partial charge in [0, 0.05) is 18.9 Å². The number of hydrogen-bond acceptors (Lipinski definition) is 4. The van der Waals surface area contributed by atoms with Crippen molar-refractivity contribution in [3.05, 3.63) is 54.5 Å². The van der Waals surface area contributed by atoms with E-state index >= 15 is 0 Å². The Morgan fingerprint density at radius 3 is 2.45 bits per heavy atom. The van der Waals surface area contributed by atoms with Gasteiger partial charge in [0.2, 0.25) is 0 Å². The highest BCUT2D eigenvalue weighted by atomic mass is 15.2. The molecule has 2 aromatic rings. The van der Waals surface area contributed by atoms with E-state index in [4.69, 9.17) is 0 Å². The summed E-state index contributed by atoms with van der Waals surface area (Å²) in [7, 11) is 0. The molecule has 1 aliphatic rings. The average molecular weight is 296 g/mol. The van der Waals surface area contributed by atoms with Gasteiger partial charge < -0.3 is 5.32 Å². The Kier molecular flexibility index (Phi) is 5.37. The van der Waals surface area contributed by atoms with E-state index in [0.29, 0.717) is 6.04 Å². The second kappa shape index (κ2) is 7.90. The molecule has 0 spiro atoms. The first kappa shape index (κ1) is 15.0. The van der Waals surface area contributed by atoms with Gasteiger partial charge in [-0.15, -0.1) is 0 Å². The first-order valence-corrected chi connectivity index (χ1v) is 8.22. The normalized spacial score (nSPS) is 17.6. The summed E-state index contributed by atoms with van der Waals surface area (Å²) in [5, 5.41) is 3.45. The molecular formula is C18H24N4. The Morgan fingerprint density at radius 2 is 1.77 bits per heavy atom. The zero-order chi connectivity index (χ0) is 15.0. The van der Waals surface area contributed by atoms with Gasteiger partial charge in [0.1, 0.15) is 5.82 Å². The van der Waals surface area contributed by atoms with Gasteiger partial charge in [-0.05, 0) is 31.5 Å². The van der Waals surface area contributed by atoms with Crippen LogP contribution in [0.25, 0.3) is 0 Å². The first-order valence-electron chi connectivity index (χ1n) is 8.22. The number of likely N-dealkylation sites (tertiary alicyclic amines) is 1. The Labute approximate surface area is 132 Å². The summed E-state index contributed by atoms with van der Waals surface area (Å²) in [4.78, 5) is 11.1. The smallest absolute Gasteiger partial charge is 0.144 e. The van der Waals surface area contributed by atoms with Crippen LogP contribution in [0.3, 0.4) is 0 Å².